The van der Waals surface area contributed by atoms with Crippen molar-refractivity contribution in [1.29, 1.82) is 0 Å². The summed E-state index contributed by atoms with van der Waals surface area (Å²) in [6.07, 6.45) is 3.81. The predicted molar refractivity (Wildman–Crippen MR) is 86.1 cm³/mol. The monoisotopic (exact) mass is 308 g/mol. The van der Waals surface area contributed by atoms with Crippen molar-refractivity contribution in [2.45, 2.75) is 13.8 Å². The number of hydrogen-bond acceptors (Lipinski definition) is 3. The van der Waals surface area contributed by atoms with Crippen molar-refractivity contribution in [3.63, 3.8) is 0 Å². The molecule has 0 atom stereocenters. The summed E-state index contributed by atoms with van der Waals surface area (Å²) < 4.78 is 20.6. The lowest BCUT2D eigenvalue weighted by molar-refractivity contribution is 0.534. The average Bonchev–Trinajstić information content (AvgIpc) is 2.92. The van der Waals surface area contributed by atoms with E-state index in [4.69, 9.17) is 4.42 Å². The lowest BCUT2D eigenvalue weighted by Gasteiger charge is -2.00. The summed E-state index contributed by atoms with van der Waals surface area (Å²) >= 11 is 0. The first-order chi connectivity index (χ1) is 11.0. The van der Waals surface area contributed by atoms with Gasteiger partial charge in [-0.1, -0.05) is 6.07 Å². The first-order valence-electron chi connectivity index (χ1n) is 7.21. The molecule has 0 aliphatic rings. The molecule has 0 amide bonds. The quantitative estimate of drug-likeness (QED) is 0.536. The molecule has 0 bridgehead atoms. The Labute approximate surface area is 130 Å². The number of hydrogen-bond donors (Lipinski definition) is 0. The van der Waals surface area contributed by atoms with Gasteiger partial charge in [-0.2, -0.15) is 0 Å². The summed E-state index contributed by atoms with van der Waals surface area (Å²) in [5.74, 6) is -0.000749. The second-order valence-electron chi connectivity index (χ2n) is 5.62. The number of rotatable bonds is 1. The van der Waals surface area contributed by atoms with Gasteiger partial charge in [0.15, 0.2) is 0 Å². The van der Waals surface area contributed by atoms with E-state index in [2.05, 4.69) is 4.98 Å². The normalized spacial score (nSPS) is 11.4. The third-order valence-electron chi connectivity index (χ3n) is 3.90. The van der Waals surface area contributed by atoms with Gasteiger partial charge in [-0.05, 0) is 43.5 Å². The van der Waals surface area contributed by atoms with Crippen molar-refractivity contribution in [1.82, 2.24) is 9.38 Å². The van der Waals surface area contributed by atoms with Crippen LogP contribution in [-0.2, 0) is 0 Å². The van der Waals surface area contributed by atoms with Crippen LogP contribution in [0.1, 0.15) is 11.4 Å². The Morgan fingerprint density at radius 3 is 2.78 bits per heavy atom. The van der Waals surface area contributed by atoms with Crippen molar-refractivity contribution < 1.29 is 8.81 Å². The molecule has 0 unspecified atom stereocenters. The van der Waals surface area contributed by atoms with E-state index in [9.17, 15) is 9.18 Å². The lowest BCUT2D eigenvalue weighted by atomic mass is 10.1. The van der Waals surface area contributed by atoms with Gasteiger partial charge in [0.05, 0.1) is 22.3 Å². The highest BCUT2D eigenvalue weighted by molar-refractivity contribution is 5.84. The Morgan fingerprint density at radius 1 is 1.13 bits per heavy atom. The molecular weight excluding hydrogens is 295 g/mol. The van der Waals surface area contributed by atoms with Crippen molar-refractivity contribution >= 4 is 16.3 Å². The van der Waals surface area contributed by atoms with Crippen LogP contribution in [0, 0.1) is 19.7 Å². The molecule has 0 spiro atoms. The van der Waals surface area contributed by atoms with Crippen LogP contribution in [0.4, 0.5) is 4.39 Å². The van der Waals surface area contributed by atoms with Gasteiger partial charge in [-0.25, -0.2) is 9.18 Å². The minimum atomic E-state index is -0.543. The second-order valence-corrected chi connectivity index (χ2v) is 5.62. The number of aryl methyl sites for hydroxylation is 2. The molecule has 3 aromatic heterocycles. The fourth-order valence-electron chi connectivity index (χ4n) is 2.86. The molecule has 0 radical (unpaired) electrons. The summed E-state index contributed by atoms with van der Waals surface area (Å²) in [5, 5.41) is 0.894. The van der Waals surface area contributed by atoms with E-state index in [-0.39, 0.29) is 5.39 Å². The molecule has 4 rings (SSSR count). The van der Waals surface area contributed by atoms with Crippen molar-refractivity contribution in [3.05, 3.63) is 70.4 Å². The van der Waals surface area contributed by atoms with Gasteiger partial charge in [0.25, 0.3) is 0 Å². The molecule has 0 saturated heterocycles. The topological polar surface area (TPSA) is 47.5 Å². The molecule has 0 N–H and O–H groups in total. The molecule has 0 aliphatic carbocycles. The average molecular weight is 308 g/mol. The fraction of sp³-hybridized carbons (Fsp3) is 0.111. The highest BCUT2D eigenvalue weighted by Crippen LogP contribution is 2.26. The van der Waals surface area contributed by atoms with Gasteiger partial charge in [0, 0.05) is 18.0 Å². The molecular formula is C18H13FN2O2. The van der Waals surface area contributed by atoms with Crippen molar-refractivity contribution in [3.8, 4) is 11.3 Å². The summed E-state index contributed by atoms with van der Waals surface area (Å²) in [6.45, 7) is 3.86. The van der Waals surface area contributed by atoms with Crippen LogP contribution in [-0.4, -0.2) is 9.38 Å². The molecule has 114 valence electrons. The second kappa shape index (κ2) is 4.78. The van der Waals surface area contributed by atoms with Gasteiger partial charge in [0.1, 0.15) is 11.6 Å². The van der Waals surface area contributed by atoms with E-state index in [1.807, 2.05) is 36.7 Å². The highest BCUT2D eigenvalue weighted by atomic mass is 19.1. The van der Waals surface area contributed by atoms with Crippen molar-refractivity contribution in [2.75, 3.05) is 0 Å². The van der Waals surface area contributed by atoms with Gasteiger partial charge in [-0.15, -0.1) is 0 Å². The molecule has 23 heavy (non-hydrogen) atoms. The minimum absolute atomic E-state index is 0.242. The zero-order valence-corrected chi connectivity index (χ0v) is 12.6. The van der Waals surface area contributed by atoms with Gasteiger partial charge < -0.3 is 8.82 Å². The van der Waals surface area contributed by atoms with Crippen LogP contribution >= 0.6 is 0 Å². The highest BCUT2D eigenvalue weighted by Gasteiger charge is 2.11. The third kappa shape index (κ3) is 2.21. The smallest absolute Gasteiger partial charge is 0.344 e. The standard InChI is InChI=1S/C18H13FN2O2/c1-10-8-21-9-13(5-16(21)11(2)20-10)17-6-12-3-4-14(19)7-15(12)18(22)23-17/h3-9H,1-2H3. The van der Waals surface area contributed by atoms with Gasteiger partial charge >= 0.3 is 5.63 Å². The number of fused-ring (bicyclic) bond motifs is 2. The zero-order chi connectivity index (χ0) is 16.1. The van der Waals surface area contributed by atoms with E-state index in [1.54, 1.807) is 12.1 Å². The molecule has 5 heteroatoms. The van der Waals surface area contributed by atoms with Gasteiger partial charge in [0.2, 0.25) is 0 Å². The summed E-state index contributed by atoms with van der Waals surface area (Å²) in [7, 11) is 0. The van der Waals surface area contributed by atoms with Gasteiger partial charge in [-0.3, -0.25) is 4.98 Å². The number of benzene rings is 1. The molecule has 3 heterocycles. The van der Waals surface area contributed by atoms with E-state index in [1.165, 1.54) is 12.1 Å². The van der Waals surface area contributed by atoms with E-state index in [0.29, 0.717) is 11.1 Å². The molecule has 4 aromatic rings. The number of aromatic nitrogens is 2. The maximum Gasteiger partial charge on any atom is 0.344 e. The molecule has 0 fully saturated rings. The first kappa shape index (κ1) is 13.7. The fourth-order valence-corrected chi connectivity index (χ4v) is 2.86. The Hall–Kier alpha value is -2.95. The third-order valence-corrected chi connectivity index (χ3v) is 3.90. The summed E-state index contributed by atoms with van der Waals surface area (Å²) in [6, 6.07) is 7.78. The molecule has 0 aliphatic heterocycles. The van der Waals surface area contributed by atoms with Crippen LogP contribution < -0.4 is 5.63 Å². The van der Waals surface area contributed by atoms with E-state index < -0.39 is 11.4 Å². The van der Waals surface area contributed by atoms with Crippen LogP contribution in [0.5, 0.6) is 0 Å². The summed E-state index contributed by atoms with van der Waals surface area (Å²) in [4.78, 5) is 16.5. The number of nitrogens with zero attached hydrogens (tertiary/aromatic N) is 2. The Kier molecular flexibility index (Phi) is 2.84. The molecule has 4 nitrogen and oxygen atoms in total. The Bertz CT molecular complexity index is 1130. The van der Waals surface area contributed by atoms with Crippen LogP contribution in [0.2, 0.25) is 0 Å². The van der Waals surface area contributed by atoms with Crippen LogP contribution in [0.15, 0.2) is 51.9 Å². The lowest BCUT2D eigenvalue weighted by Crippen LogP contribution is -2.00. The SMILES string of the molecule is Cc1cn2cc(-c3cc4ccc(F)cc4c(=O)o3)cc2c(C)n1. The van der Waals surface area contributed by atoms with E-state index >= 15 is 0 Å². The first-order valence-corrected chi connectivity index (χ1v) is 7.21. The zero-order valence-electron chi connectivity index (χ0n) is 12.6. The summed E-state index contributed by atoms with van der Waals surface area (Å²) in [5.41, 5.74) is 3.00. The Morgan fingerprint density at radius 2 is 1.96 bits per heavy atom. The Balaban J connectivity index is 1.97. The maximum atomic E-state index is 13.3. The maximum absolute atomic E-state index is 13.3. The van der Waals surface area contributed by atoms with E-state index in [0.717, 1.165) is 22.5 Å². The van der Waals surface area contributed by atoms with Crippen LogP contribution in [0.3, 0.4) is 0 Å². The number of halogens is 1. The van der Waals surface area contributed by atoms with Crippen molar-refractivity contribution in [2.24, 2.45) is 0 Å². The van der Waals surface area contributed by atoms with Crippen LogP contribution in [0.25, 0.3) is 27.6 Å². The largest absolute Gasteiger partial charge is 0.422 e. The molecule has 0 saturated carbocycles. The molecule has 1 aromatic carbocycles. The predicted octanol–water partition coefficient (Wildman–Crippen LogP) is 3.86. The minimum Gasteiger partial charge on any atom is -0.422 e.